The third-order valence-corrected chi connectivity index (χ3v) is 8.13. The van der Waals surface area contributed by atoms with E-state index in [2.05, 4.69) is 50.8 Å². The van der Waals surface area contributed by atoms with Gasteiger partial charge in [-0.15, -0.1) is 16.1 Å². The number of rotatable bonds is 6. The summed E-state index contributed by atoms with van der Waals surface area (Å²) in [4.78, 5) is 30.0. The maximum atomic E-state index is 12.5. The summed E-state index contributed by atoms with van der Waals surface area (Å²) in [7, 11) is 0. The van der Waals surface area contributed by atoms with Crippen LogP contribution in [0.1, 0.15) is 45.9 Å². The van der Waals surface area contributed by atoms with Gasteiger partial charge < -0.3 is 19.2 Å². The van der Waals surface area contributed by atoms with Crippen molar-refractivity contribution in [2.45, 2.75) is 65.2 Å². The van der Waals surface area contributed by atoms with Gasteiger partial charge >= 0.3 is 6.09 Å². The molecule has 0 bridgehead atoms. The Hall–Kier alpha value is -3.41. The summed E-state index contributed by atoms with van der Waals surface area (Å²) >= 11 is 7.83. The number of carbonyl (C=O) groups excluding carboxylic acids is 1. The topological polar surface area (TPSA) is 96.5 Å². The first-order chi connectivity index (χ1) is 19.5. The minimum atomic E-state index is -0.449. The summed E-state index contributed by atoms with van der Waals surface area (Å²) in [5.41, 5.74) is 3.12. The molecule has 4 aromatic rings. The van der Waals surface area contributed by atoms with E-state index >= 15 is 0 Å². The highest BCUT2D eigenvalue weighted by Gasteiger charge is 2.29. The molecule has 0 aliphatic carbocycles. The fourth-order valence-electron chi connectivity index (χ4n) is 5.13. The monoisotopic (exact) mass is 596 g/mol. The number of thiazole rings is 1. The summed E-state index contributed by atoms with van der Waals surface area (Å²) in [6.07, 6.45) is 6.57. The molecule has 10 nitrogen and oxygen atoms in total. The molecular weight excluding hydrogens is 564 g/mol. The van der Waals surface area contributed by atoms with E-state index in [4.69, 9.17) is 30.9 Å². The third kappa shape index (κ3) is 5.84. The number of likely N-dealkylation sites (tertiary alicyclic amines) is 1. The van der Waals surface area contributed by atoms with Crippen LogP contribution in [0.2, 0.25) is 5.15 Å². The van der Waals surface area contributed by atoms with Gasteiger partial charge in [0.15, 0.2) is 10.2 Å². The summed E-state index contributed by atoms with van der Waals surface area (Å²) in [6.45, 7) is 12.8. The number of hydrogen-bond donors (Lipinski definition) is 0. The van der Waals surface area contributed by atoms with Crippen LogP contribution in [0.5, 0.6) is 5.75 Å². The van der Waals surface area contributed by atoms with Gasteiger partial charge in [-0.05, 0) is 58.7 Å². The van der Waals surface area contributed by atoms with Crippen LogP contribution in [0.4, 0.5) is 4.79 Å². The Morgan fingerprint density at radius 3 is 2.68 bits per heavy atom. The number of imidazole rings is 1. The van der Waals surface area contributed by atoms with Gasteiger partial charge in [0.1, 0.15) is 5.75 Å². The van der Waals surface area contributed by atoms with Crippen molar-refractivity contribution in [2.75, 3.05) is 19.7 Å². The Morgan fingerprint density at radius 2 is 1.95 bits per heavy atom. The molecular formula is C29H33ClN6O4S. The number of hydrogen-bond acceptors (Lipinski definition) is 8. The van der Waals surface area contributed by atoms with E-state index in [1.165, 1.54) is 22.3 Å². The average molecular weight is 597 g/mol. The molecule has 12 heteroatoms. The first-order valence-corrected chi connectivity index (χ1v) is 14.9. The molecule has 216 valence electrons. The zero-order valence-corrected chi connectivity index (χ0v) is 25.4. The summed E-state index contributed by atoms with van der Waals surface area (Å²) in [6, 6.07) is 6.13. The first kappa shape index (κ1) is 27.7. The molecule has 1 saturated heterocycles. The van der Waals surface area contributed by atoms with Gasteiger partial charge in [0.2, 0.25) is 5.82 Å². The highest BCUT2D eigenvalue weighted by Crippen LogP contribution is 2.42. The molecule has 5 heterocycles. The Bertz CT molecular complexity index is 1600. The second kappa shape index (κ2) is 10.5. The van der Waals surface area contributed by atoms with E-state index in [1.54, 1.807) is 4.90 Å². The number of nitrogens with zero attached hydrogens (tertiary/aromatic N) is 6. The second-order valence-electron chi connectivity index (χ2n) is 11.9. The lowest BCUT2D eigenvalue weighted by Crippen LogP contribution is -2.45. The molecule has 1 amide bonds. The van der Waals surface area contributed by atoms with Crippen molar-refractivity contribution in [1.82, 2.24) is 29.4 Å². The predicted molar refractivity (Wildman–Crippen MR) is 157 cm³/mol. The lowest BCUT2D eigenvalue weighted by Gasteiger charge is -2.33. The lowest BCUT2D eigenvalue weighted by atomic mass is 10.0. The maximum Gasteiger partial charge on any atom is 0.434 e. The van der Waals surface area contributed by atoms with Gasteiger partial charge in [0.05, 0.1) is 42.4 Å². The van der Waals surface area contributed by atoms with Crippen molar-refractivity contribution in [3.8, 4) is 39.0 Å². The molecule has 0 saturated carbocycles. The van der Waals surface area contributed by atoms with E-state index < -0.39 is 6.09 Å². The van der Waals surface area contributed by atoms with Crippen molar-refractivity contribution >= 4 is 29.0 Å². The van der Waals surface area contributed by atoms with E-state index in [0.29, 0.717) is 43.5 Å². The van der Waals surface area contributed by atoms with Crippen LogP contribution < -0.4 is 9.57 Å². The Balaban J connectivity index is 1.26. The number of ether oxygens (including phenoxy) is 2. The van der Waals surface area contributed by atoms with Crippen LogP contribution in [0.25, 0.3) is 33.2 Å². The zero-order chi connectivity index (χ0) is 28.9. The predicted octanol–water partition coefficient (Wildman–Crippen LogP) is 5.97. The molecule has 3 aromatic heterocycles. The molecule has 1 aromatic carbocycles. The number of carbonyl (C=O) groups is 1. The minimum Gasteiger partial charge on any atom is -0.492 e. The van der Waals surface area contributed by atoms with Gasteiger partial charge in [-0.2, -0.15) is 5.10 Å². The van der Waals surface area contributed by atoms with Gasteiger partial charge in [-0.1, -0.05) is 17.7 Å². The molecule has 0 atom stereocenters. The molecule has 2 aliphatic heterocycles. The summed E-state index contributed by atoms with van der Waals surface area (Å²) < 4.78 is 15.6. The van der Waals surface area contributed by atoms with Crippen molar-refractivity contribution in [2.24, 2.45) is 0 Å². The molecule has 0 spiro atoms. The highest BCUT2D eigenvalue weighted by molar-refractivity contribution is 7.15. The Kier molecular flexibility index (Phi) is 7.07. The summed E-state index contributed by atoms with van der Waals surface area (Å²) in [5, 5.41) is 5.42. The van der Waals surface area contributed by atoms with Crippen molar-refractivity contribution in [1.29, 1.82) is 0 Å². The molecule has 0 N–H and O–H groups in total. The maximum absolute atomic E-state index is 12.5. The van der Waals surface area contributed by atoms with Gasteiger partial charge in [-0.25, -0.2) is 14.8 Å². The molecule has 6 rings (SSSR count). The van der Waals surface area contributed by atoms with Gasteiger partial charge in [0.25, 0.3) is 0 Å². The van der Waals surface area contributed by atoms with E-state index in [9.17, 15) is 4.79 Å². The van der Waals surface area contributed by atoms with Crippen LogP contribution in [0.15, 0.2) is 36.8 Å². The van der Waals surface area contributed by atoms with E-state index in [1.807, 2.05) is 29.2 Å². The second-order valence-corrected chi connectivity index (χ2v) is 13.4. The summed E-state index contributed by atoms with van der Waals surface area (Å²) in [5.74, 6) is 1.15. The quantitative estimate of drug-likeness (QED) is 0.270. The van der Waals surface area contributed by atoms with Crippen molar-refractivity contribution < 1.29 is 19.1 Å². The average Bonchev–Trinajstić information content (AvgIpc) is 3.53. The zero-order valence-electron chi connectivity index (χ0n) is 23.8. The molecule has 2 aliphatic rings. The SMILES string of the molecule is CC(C)(C)OC(C)(C)Cn1cc(-c2ccc3c(c2)OCCc2sc(-c4ncc(Cl)n4OC(=O)N4CCC4)nc2-3)cn1. The van der Waals surface area contributed by atoms with Gasteiger partial charge in [0, 0.05) is 41.7 Å². The standard InChI is InChI=1S/C29H33ClN6O4S/c1-28(2,3)40-29(4,5)17-35-16-19(14-32-35)18-7-8-20-21(13-18)38-12-9-22-24(20)33-26(41-22)25-31-15-23(30)36(25)39-27(37)34-10-6-11-34/h7-8,13-16H,6,9-12,17H2,1-5H3. The van der Waals surface area contributed by atoms with Crippen LogP contribution in [-0.4, -0.2) is 66.4 Å². The normalized spacial score (nSPS) is 15.0. The fraction of sp³-hybridized carbons (Fsp3) is 0.448. The minimum absolute atomic E-state index is 0.210. The number of halogens is 1. The molecule has 0 radical (unpaired) electrons. The van der Waals surface area contributed by atoms with Crippen molar-refractivity contribution in [3.05, 3.63) is 46.8 Å². The molecule has 1 fully saturated rings. The van der Waals surface area contributed by atoms with Crippen molar-refractivity contribution in [3.63, 3.8) is 0 Å². The number of fused-ring (bicyclic) bond motifs is 3. The Labute approximate surface area is 247 Å². The number of aromatic nitrogens is 5. The lowest BCUT2D eigenvalue weighted by molar-refractivity contribution is -0.121. The first-order valence-electron chi connectivity index (χ1n) is 13.7. The number of benzene rings is 1. The fourth-order valence-corrected chi connectivity index (χ4v) is 6.33. The van der Waals surface area contributed by atoms with Crippen LogP contribution in [0, 0.1) is 0 Å². The van der Waals surface area contributed by atoms with Crippen LogP contribution in [-0.2, 0) is 17.7 Å². The Morgan fingerprint density at radius 1 is 1.15 bits per heavy atom. The largest absolute Gasteiger partial charge is 0.492 e. The van der Waals surface area contributed by atoms with Gasteiger partial charge in [-0.3, -0.25) is 4.68 Å². The van der Waals surface area contributed by atoms with E-state index in [0.717, 1.165) is 39.4 Å². The van der Waals surface area contributed by atoms with Crippen LogP contribution in [0.3, 0.4) is 0 Å². The third-order valence-electron chi connectivity index (χ3n) is 6.77. The molecule has 41 heavy (non-hydrogen) atoms. The molecule has 0 unspecified atom stereocenters. The number of amides is 1. The van der Waals surface area contributed by atoms with E-state index in [-0.39, 0.29) is 16.4 Å². The van der Waals surface area contributed by atoms with Crippen LogP contribution >= 0.6 is 22.9 Å². The smallest absolute Gasteiger partial charge is 0.434 e. The highest BCUT2D eigenvalue weighted by atomic mass is 35.5.